The lowest BCUT2D eigenvalue weighted by atomic mass is 10.00. The van der Waals surface area contributed by atoms with Gasteiger partial charge in [-0.25, -0.2) is 23.4 Å². The normalized spacial score (nSPS) is 17.3. The van der Waals surface area contributed by atoms with Gasteiger partial charge < -0.3 is 19.5 Å². The number of methoxy groups -OCH3 is 1. The van der Waals surface area contributed by atoms with E-state index < -0.39 is 10.0 Å². The molecule has 0 spiro atoms. The van der Waals surface area contributed by atoms with Crippen LogP contribution in [0.1, 0.15) is 28.4 Å². The zero-order valence-corrected chi connectivity index (χ0v) is 18.4. The molecule has 1 fully saturated rings. The molecule has 1 N–H and O–H groups in total. The monoisotopic (exact) mass is 437 g/mol. The zero-order chi connectivity index (χ0) is 21.9. The smallest absolute Gasteiger partial charge is 0.262 e. The van der Waals surface area contributed by atoms with Crippen molar-refractivity contribution < 1.29 is 17.9 Å². The van der Waals surface area contributed by atoms with Gasteiger partial charge in [-0.2, -0.15) is 4.31 Å². The van der Waals surface area contributed by atoms with Crippen LogP contribution in [0.25, 0.3) is 0 Å². The van der Waals surface area contributed by atoms with Crippen molar-refractivity contribution in [2.45, 2.75) is 17.4 Å². The van der Waals surface area contributed by atoms with E-state index in [0.717, 1.165) is 0 Å². The molecule has 164 valence electrons. The lowest BCUT2D eigenvalue weighted by Crippen LogP contribution is -2.31. The van der Waals surface area contributed by atoms with E-state index in [1.807, 2.05) is 14.1 Å². The Morgan fingerprint density at radius 3 is 2.77 bits per heavy atom. The first kappa shape index (κ1) is 22.1. The van der Waals surface area contributed by atoms with Gasteiger partial charge in [0, 0.05) is 66.2 Å². The van der Waals surface area contributed by atoms with Crippen LogP contribution >= 0.6 is 0 Å². The maximum Gasteiger partial charge on any atom is 0.262 e. The molecule has 1 amide bonds. The minimum atomic E-state index is -3.71. The Balaban J connectivity index is 1.87. The topological polar surface area (TPSA) is 123 Å². The molecule has 1 atom stereocenters. The van der Waals surface area contributed by atoms with Crippen LogP contribution in [0.3, 0.4) is 0 Å². The van der Waals surface area contributed by atoms with Crippen LogP contribution in [-0.2, 0) is 21.8 Å². The molecule has 0 aromatic carbocycles. The number of nitrogens with one attached hydrogen (secondary N) is 1. The summed E-state index contributed by atoms with van der Waals surface area (Å²) in [5, 5.41) is 2.79. The van der Waals surface area contributed by atoms with Crippen LogP contribution in [0.15, 0.2) is 23.7 Å². The largest absolute Gasteiger partial charge is 0.383 e. The van der Waals surface area contributed by atoms with Crippen molar-refractivity contribution in [3.05, 3.63) is 30.0 Å². The first-order valence-corrected chi connectivity index (χ1v) is 11.0. The first-order chi connectivity index (χ1) is 14.2. The van der Waals surface area contributed by atoms with Gasteiger partial charge in [0.05, 0.1) is 24.2 Å². The average molecular weight is 438 g/mol. The van der Waals surface area contributed by atoms with Gasteiger partial charge in [-0.1, -0.05) is 0 Å². The number of aryl methyl sites for hydroxylation is 1. The van der Waals surface area contributed by atoms with Gasteiger partial charge >= 0.3 is 0 Å². The highest BCUT2D eigenvalue weighted by Crippen LogP contribution is 2.32. The molecule has 1 aliphatic rings. The Bertz CT molecular complexity index is 1010. The number of sulfonamides is 1. The molecule has 11 nitrogen and oxygen atoms in total. The van der Waals surface area contributed by atoms with Crippen molar-refractivity contribution in [3.63, 3.8) is 0 Å². The van der Waals surface area contributed by atoms with Crippen LogP contribution in [0, 0.1) is 0 Å². The molecule has 2 aromatic rings. The molecule has 30 heavy (non-hydrogen) atoms. The second-order valence-corrected chi connectivity index (χ2v) is 9.22. The Labute approximate surface area is 176 Å². The number of amides is 1. The number of carbonyl (C=O) groups is 1. The van der Waals surface area contributed by atoms with Gasteiger partial charge in [0.2, 0.25) is 5.95 Å². The minimum Gasteiger partial charge on any atom is -0.383 e. The van der Waals surface area contributed by atoms with E-state index >= 15 is 0 Å². The summed E-state index contributed by atoms with van der Waals surface area (Å²) >= 11 is 0. The number of nitrogens with zero attached hydrogens (tertiary/aromatic N) is 6. The number of anilines is 1. The SMILES string of the molecule is COCCNC(=O)c1cnc(N(C)C)nc1C1CCN(S(=O)(=O)c2cn(C)cn2)C1. The van der Waals surface area contributed by atoms with Gasteiger partial charge in [0.25, 0.3) is 15.9 Å². The van der Waals surface area contributed by atoms with Crippen molar-refractivity contribution in [3.8, 4) is 0 Å². The van der Waals surface area contributed by atoms with E-state index in [1.165, 1.54) is 23.0 Å². The lowest BCUT2D eigenvalue weighted by Gasteiger charge is -2.18. The van der Waals surface area contributed by atoms with E-state index in [-0.39, 0.29) is 23.4 Å². The second-order valence-electron chi connectivity index (χ2n) is 7.34. The third-order valence-corrected chi connectivity index (χ3v) is 6.62. The standard InChI is InChI=1S/C18H27N7O4S/c1-23(2)18-20-9-14(17(26)19-6-8-29-4)16(22-18)13-5-7-25(10-13)30(27,28)15-11-24(3)12-21-15/h9,11-13H,5-8,10H2,1-4H3,(H,19,26). The molecular formula is C18H27N7O4S. The summed E-state index contributed by atoms with van der Waals surface area (Å²) in [5.74, 6) is -0.0729. The fraction of sp³-hybridized carbons (Fsp3) is 0.556. The van der Waals surface area contributed by atoms with Crippen molar-refractivity contribution in [1.29, 1.82) is 0 Å². The van der Waals surface area contributed by atoms with Crippen LogP contribution in [0.5, 0.6) is 0 Å². The Morgan fingerprint density at radius 1 is 1.37 bits per heavy atom. The van der Waals surface area contributed by atoms with E-state index in [0.29, 0.717) is 43.3 Å². The molecular weight excluding hydrogens is 410 g/mol. The number of rotatable bonds is 8. The number of carbonyl (C=O) groups excluding carboxylic acids is 1. The molecule has 1 unspecified atom stereocenters. The fourth-order valence-electron chi connectivity index (χ4n) is 3.27. The highest BCUT2D eigenvalue weighted by molar-refractivity contribution is 7.89. The molecule has 0 saturated carbocycles. The van der Waals surface area contributed by atoms with Crippen LogP contribution in [0.2, 0.25) is 0 Å². The van der Waals surface area contributed by atoms with E-state index in [9.17, 15) is 13.2 Å². The van der Waals surface area contributed by atoms with E-state index in [2.05, 4.69) is 20.3 Å². The predicted octanol–water partition coefficient (Wildman–Crippen LogP) is -0.169. The summed E-state index contributed by atoms with van der Waals surface area (Å²) < 4.78 is 33.8. The molecule has 0 radical (unpaired) electrons. The molecule has 0 bridgehead atoms. The molecule has 1 aliphatic heterocycles. The quantitative estimate of drug-likeness (QED) is 0.565. The summed E-state index contributed by atoms with van der Waals surface area (Å²) in [5.41, 5.74) is 0.890. The average Bonchev–Trinajstić information content (AvgIpc) is 3.37. The first-order valence-electron chi connectivity index (χ1n) is 9.53. The molecule has 0 aliphatic carbocycles. The molecule has 2 aromatic heterocycles. The molecule has 1 saturated heterocycles. The Hall–Kier alpha value is -2.57. The fourth-order valence-corrected chi connectivity index (χ4v) is 4.74. The van der Waals surface area contributed by atoms with Gasteiger partial charge in [0.1, 0.15) is 0 Å². The molecule has 3 rings (SSSR count). The predicted molar refractivity (Wildman–Crippen MR) is 110 cm³/mol. The summed E-state index contributed by atoms with van der Waals surface area (Å²) in [4.78, 5) is 27.2. The van der Waals surface area contributed by atoms with Gasteiger partial charge in [-0.15, -0.1) is 0 Å². The summed E-state index contributed by atoms with van der Waals surface area (Å²) in [6, 6.07) is 0. The van der Waals surface area contributed by atoms with Crippen molar-refractivity contribution in [2.24, 2.45) is 7.05 Å². The highest BCUT2D eigenvalue weighted by Gasteiger charge is 2.37. The number of aromatic nitrogens is 4. The van der Waals surface area contributed by atoms with Crippen molar-refractivity contribution in [2.75, 3.05) is 52.3 Å². The zero-order valence-electron chi connectivity index (χ0n) is 17.6. The number of ether oxygens (including phenoxy) is 1. The summed E-state index contributed by atoms with van der Waals surface area (Å²) in [6.45, 7) is 1.29. The van der Waals surface area contributed by atoms with Crippen molar-refractivity contribution in [1.82, 2.24) is 29.1 Å². The Morgan fingerprint density at radius 2 is 2.13 bits per heavy atom. The number of imidazole rings is 1. The molecule has 12 heteroatoms. The third kappa shape index (κ3) is 4.60. The summed E-state index contributed by atoms with van der Waals surface area (Å²) in [6.07, 6.45) is 4.98. The maximum absolute atomic E-state index is 12.9. The van der Waals surface area contributed by atoms with E-state index in [4.69, 9.17) is 4.74 Å². The van der Waals surface area contributed by atoms with Gasteiger partial charge in [-0.05, 0) is 6.42 Å². The highest BCUT2D eigenvalue weighted by atomic mass is 32.2. The van der Waals surface area contributed by atoms with Crippen LogP contribution in [0.4, 0.5) is 5.95 Å². The van der Waals surface area contributed by atoms with Gasteiger partial charge in [-0.3, -0.25) is 4.79 Å². The maximum atomic E-state index is 12.9. The van der Waals surface area contributed by atoms with Gasteiger partial charge in [0.15, 0.2) is 5.03 Å². The van der Waals surface area contributed by atoms with E-state index in [1.54, 1.807) is 23.6 Å². The van der Waals surface area contributed by atoms with Crippen LogP contribution < -0.4 is 10.2 Å². The third-order valence-electron chi connectivity index (χ3n) is 4.86. The number of hydrogen-bond acceptors (Lipinski definition) is 8. The second kappa shape index (κ2) is 9.06. The van der Waals surface area contributed by atoms with Crippen molar-refractivity contribution >= 4 is 21.9 Å². The van der Waals surface area contributed by atoms with Crippen LogP contribution in [-0.4, -0.2) is 85.6 Å². The lowest BCUT2D eigenvalue weighted by molar-refractivity contribution is 0.0935. The Kier molecular flexibility index (Phi) is 6.68. The summed E-state index contributed by atoms with van der Waals surface area (Å²) in [7, 11) is 3.19. The molecule has 3 heterocycles. The number of hydrogen-bond donors (Lipinski definition) is 1. The minimum absolute atomic E-state index is 0.0138.